The van der Waals surface area contributed by atoms with Gasteiger partial charge in [0.05, 0.1) is 23.3 Å². The van der Waals surface area contributed by atoms with Crippen molar-refractivity contribution in [3.63, 3.8) is 0 Å². The lowest BCUT2D eigenvalue weighted by Crippen LogP contribution is -2.32. The van der Waals surface area contributed by atoms with Gasteiger partial charge in [0.2, 0.25) is 0 Å². The Labute approximate surface area is 235 Å². The predicted octanol–water partition coefficient (Wildman–Crippen LogP) is 7.38. The van der Waals surface area contributed by atoms with Gasteiger partial charge in [-0.15, -0.1) is 0 Å². The lowest BCUT2D eigenvalue weighted by molar-refractivity contribution is -0.697. The summed E-state index contributed by atoms with van der Waals surface area (Å²) in [6, 6.07) is 6.22. The maximum absolute atomic E-state index is 9.08. The number of aryl methyl sites for hydroxylation is 1. The molecule has 7 heteroatoms. The molecular weight excluding hydrogens is 498 g/mol. The van der Waals surface area contributed by atoms with E-state index < -0.39 is 10.1 Å². The maximum Gasteiger partial charge on any atom is 0.168 e. The van der Waals surface area contributed by atoms with E-state index in [1.807, 2.05) is 0 Å². The average Bonchev–Trinajstić information content (AvgIpc) is 2.87. The molecule has 1 rings (SSSR count). The van der Waals surface area contributed by atoms with Gasteiger partial charge in [0, 0.05) is 38.0 Å². The Kier molecular flexibility index (Phi) is 26.4. The van der Waals surface area contributed by atoms with Crippen molar-refractivity contribution >= 4 is 10.1 Å². The Morgan fingerprint density at radius 3 is 1.47 bits per heavy atom. The van der Waals surface area contributed by atoms with Crippen LogP contribution in [0, 0.1) is 0 Å². The number of hydrogen-bond donors (Lipinski definition) is 0. The zero-order valence-corrected chi connectivity index (χ0v) is 25.4. The Hall–Kier alpha value is -1.28. The molecule has 0 aliphatic heterocycles. The summed E-state index contributed by atoms with van der Waals surface area (Å²) in [5.41, 5.74) is 1.06. The quantitative estimate of drug-likeness (QED) is 0.0544. The van der Waals surface area contributed by atoms with Crippen LogP contribution in [0.3, 0.4) is 0 Å². The zero-order chi connectivity index (χ0) is 28.2. The summed E-state index contributed by atoms with van der Waals surface area (Å²) < 4.78 is 41.0. The number of unbranched alkanes of at least 4 members (excludes halogenated alkanes) is 15. The molecule has 0 bridgehead atoms. The third kappa shape index (κ3) is 32.7. The lowest BCUT2D eigenvalue weighted by Gasteiger charge is -2.08. The molecular formula is C31H57NO5S. The zero-order valence-electron chi connectivity index (χ0n) is 24.5. The molecule has 0 fully saturated rings. The monoisotopic (exact) mass is 555 g/mol. The number of aromatic nitrogens is 1. The summed E-state index contributed by atoms with van der Waals surface area (Å²) in [6.45, 7) is 10.4. The van der Waals surface area contributed by atoms with Crippen molar-refractivity contribution in [3.05, 3.63) is 42.7 Å². The second-order valence-corrected chi connectivity index (χ2v) is 11.7. The van der Waals surface area contributed by atoms with Crippen LogP contribution in [0.5, 0.6) is 0 Å². The van der Waals surface area contributed by atoms with Crippen LogP contribution < -0.4 is 4.57 Å². The largest absolute Gasteiger partial charge is 0.748 e. The molecule has 0 N–H and O–H groups in total. The van der Waals surface area contributed by atoms with E-state index >= 15 is 0 Å². The van der Waals surface area contributed by atoms with E-state index in [1.165, 1.54) is 103 Å². The van der Waals surface area contributed by atoms with Crippen LogP contribution in [0.25, 0.3) is 0 Å². The Morgan fingerprint density at radius 2 is 1.05 bits per heavy atom. The first-order valence-electron chi connectivity index (χ1n) is 15.0. The average molecular weight is 556 g/mol. The van der Waals surface area contributed by atoms with Crippen molar-refractivity contribution < 1.29 is 27.0 Å². The molecule has 1 aromatic heterocycles. The molecule has 222 valence electrons. The van der Waals surface area contributed by atoms with E-state index in [-0.39, 0.29) is 0 Å². The lowest BCUT2D eigenvalue weighted by atomic mass is 10.0. The first-order chi connectivity index (χ1) is 18.3. The fourth-order valence-electron chi connectivity index (χ4n) is 4.13. The van der Waals surface area contributed by atoms with Crippen LogP contribution in [0.1, 0.15) is 116 Å². The Bertz CT molecular complexity index is 732. The van der Waals surface area contributed by atoms with Gasteiger partial charge in [-0.05, 0) is 24.8 Å². The van der Waals surface area contributed by atoms with Gasteiger partial charge in [-0.2, -0.15) is 0 Å². The molecule has 0 aliphatic carbocycles. The topological polar surface area (TPSA) is 79.5 Å². The van der Waals surface area contributed by atoms with Crippen LogP contribution in [0.4, 0.5) is 0 Å². The highest BCUT2D eigenvalue weighted by molar-refractivity contribution is 7.84. The van der Waals surface area contributed by atoms with E-state index in [0.29, 0.717) is 19.5 Å². The van der Waals surface area contributed by atoms with Crippen molar-refractivity contribution in [1.82, 2.24) is 0 Å². The third-order valence-electron chi connectivity index (χ3n) is 6.24. The fourth-order valence-corrected chi connectivity index (χ4v) is 4.13. The molecule has 0 saturated carbocycles. The van der Waals surface area contributed by atoms with Gasteiger partial charge in [-0.25, -0.2) is 13.0 Å². The van der Waals surface area contributed by atoms with Crippen LogP contribution in [-0.4, -0.2) is 45.7 Å². The summed E-state index contributed by atoms with van der Waals surface area (Å²) in [5.74, 6) is 0. The van der Waals surface area contributed by atoms with Gasteiger partial charge >= 0.3 is 0 Å². The smallest absolute Gasteiger partial charge is 0.168 e. The molecule has 6 nitrogen and oxygen atoms in total. The molecule has 0 aromatic carbocycles. The molecule has 0 amide bonds. The first kappa shape index (κ1) is 36.7. The minimum Gasteiger partial charge on any atom is -0.748 e. The van der Waals surface area contributed by atoms with E-state index in [0.717, 1.165) is 31.8 Å². The Balaban J connectivity index is 0.00000249. The standard InChI is InChI=1S/C30H54NO2.CH4O3S/c1-3-4-5-6-7-8-9-10-11-12-13-14-15-21-26-32-28-30(2)29-33-27-22-17-20-25-31-23-18-16-19-24-31;1-5(2,3)4/h16,18-19,23-24H,2-15,17,20-22,25-29H2,1H3;1H3,(H,2,3,4)/q+1;/p-1. The molecule has 0 aliphatic rings. The molecule has 1 heterocycles. The summed E-state index contributed by atoms with van der Waals surface area (Å²) in [5, 5.41) is 0. The molecule has 0 radical (unpaired) electrons. The van der Waals surface area contributed by atoms with Crippen molar-refractivity contribution in [2.24, 2.45) is 0 Å². The summed E-state index contributed by atoms with van der Waals surface area (Å²) in [7, 11) is -3.92. The minimum absolute atomic E-state index is 0.604. The molecule has 1 aromatic rings. The van der Waals surface area contributed by atoms with Gasteiger partial charge in [-0.3, -0.25) is 0 Å². The first-order valence-corrected chi connectivity index (χ1v) is 16.8. The predicted molar refractivity (Wildman–Crippen MR) is 157 cm³/mol. The molecule has 0 unspecified atom stereocenters. The van der Waals surface area contributed by atoms with Crippen molar-refractivity contribution in [3.8, 4) is 0 Å². The van der Waals surface area contributed by atoms with E-state index in [2.05, 4.69) is 48.7 Å². The number of hydrogen-bond acceptors (Lipinski definition) is 5. The summed E-state index contributed by atoms with van der Waals surface area (Å²) in [6.07, 6.45) is 27.9. The summed E-state index contributed by atoms with van der Waals surface area (Å²) in [4.78, 5) is 0. The van der Waals surface area contributed by atoms with Gasteiger partial charge in [0.1, 0.15) is 6.54 Å². The van der Waals surface area contributed by atoms with Gasteiger partial charge in [0.25, 0.3) is 0 Å². The molecule has 0 spiro atoms. The highest BCUT2D eigenvalue weighted by Gasteiger charge is 2.00. The number of nitrogens with zero attached hydrogens (tertiary/aromatic N) is 1. The normalized spacial score (nSPS) is 11.2. The Morgan fingerprint density at radius 1 is 0.684 bits per heavy atom. The second kappa shape index (κ2) is 27.3. The van der Waals surface area contributed by atoms with E-state index in [1.54, 1.807) is 0 Å². The van der Waals surface area contributed by atoms with Crippen LogP contribution in [-0.2, 0) is 26.1 Å². The number of ether oxygens (including phenoxy) is 2. The minimum atomic E-state index is -3.92. The van der Waals surface area contributed by atoms with Gasteiger partial charge in [0.15, 0.2) is 12.4 Å². The number of pyridine rings is 1. The highest BCUT2D eigenvalue weighted by atomic mass is 32.2. The van der Waals surface area contributed by atoms with Gasteiger partial charge in [-0.1, -0.05) is 103 Å². The van der Waals surface area contributed by atoms with Crippen molar-refractivity contribution in [1.29, 1.82) is 0 Å². The van der Waals surface area contributed by atoms with Crippen molar-refractivity contribution in [2.75, 3.05) is 32.7 Å². The van der Waals surface area contributed by atoms with E-state index in [4.69, 9.17) is 22.4 Å². The van der Waals surface area contributed by atoms with E-state index in [9.17, 15) is 0 Å². The third-order valence-corrected chi connectivity index (χ3v) is 6.24. The maximum atomic E-state index is 9.08. The molecule has 0 saturated heterocycles. The van der Waals surface area contributed by atoms with Crippen LogP contribution in [0.15, 0.2) is 42.7 Å². The SMILES string of the molecule is C=C(COCCCCCCCCCCCCCCCC)COCCCCC[n+]1ccccc1.CS(=O)(=O)[O-]. The highest BCUT2D eigenvalue weighted by Crippen LogP contribution is 2.13. The fraction of sp³-hybridized carbons (Fsp3) is 0.774. The van der Waals surface area contributed by atoms with Gasteiger partial charge < -0.3 is 14.0 Å². The summed E-state index contributed by atoms with van der Waals surface area (Å²) >= 11 is 0. The second-order valence-electron chi connectivity index (χ2n) is 10.3. The van der Waals surface area contributed by atoms with Crippen LogP contribution >= 0.6 is 0 Å². The van der Waals surface area contributed by atoms with Crippen molar-refractivity contribution in [2.45, 2.75) is 123 Å². The number of rotatable bonds is 25. The molecule has 38 heavy (non-hydrogen) atoms. The molecule has 0 atom stereocenters. The van der Waals surface area contributed by atoms with Crippen LogP contribution in [0.2, 0.25) is 0 Å².